The minimum atomic E-state index is -0.951. The Morgan fingerprint density at radius 3 is 2.81 bits per heavy atom. The fourth-order valence-corrected chi connectivity index (χ4v) is 2.06. The van der Waals surface area contributed by atoms with Crippen molar-refractivity contribution in [1.29, 1.82) is 0 Å². The van der Waals surface area contributed by atoms with Crippen LogP contribution >= 0.6 is 15.9 Å². The van der Waals surface area contributed by atoms with E-state index in [2.05, 4.69) is 15.9 Å². The zero-order valence-electron chi connectivity index (χ0n) is 8.53. The van der Waals surface area contributed by atoms with Gasteiger partial charge in [-0.1, -0.05) is 15.9 Å². The van der Waals surface area contributed by atoms with Gasteiger partial charge in [-0.25, -0.2) is 4.79 Å². The number of alkyl halides is 1. The molecular formula is C11H11BrO4. The monoisotopic (exact) mass is 286 g/mol. The van der Waals surface area contributed by atoms with E-state index in [1.807, 2.05) is 0 Å². The van der Waals surface area contributed by atoms with Gasteiger partial charge in [0.05, 0.1) is 5.56 Å². The molecule has 0 amide bonds. The molecule has 86 valence electrons. The average Bonchev–Trinajstić information content (AvgIpc) is 2.29. The van der Waals surface area contributed by atoms with Crippen LogP contribution in [0.2, 0.25) is 0 Å². The number of rotatable bonds is 3. The van der Waals surface area contributed by atoms with Crippen molar-refractivity contribution >= 4 is 21.9 Å². The number of carbonyl (C=O) groups is 1. The lowest BCUT2D eigenvalue weighted by Crippen LogP contribution is -2.17. The molecular weight excluding hydrogens is 276 g/mol. The number of fused-ring (bicyclic) bond motifs is 1. The molecule has 0 spiro atoms. The normalized spacial score (nSPS) is 13.6. The van der Waals surface area contributed by atoms with E-state index in [0.29, 0.717) is 31.1 Å². The van der Waals surface area contributed by atoms with Crippen molar-refractivity contribution in [3.05, 3.63) is 23.3 Å². The highest BCUT2D eigenvalue weighted by atomic mass is 79.9. The summed E-state index contributed by atoms with van der Waals surface area (Å²) in [6.07, 6.45) is 0.715. The van der Waals surface area contributed by atoms with E-state index in [4.69, 9.17) is 14.6 Å². The van der Waals surface area contributed by atoms with Crippen LogP contribution in [0.4, 0.5) is 0 Å². The summed E-state index contributed by atoms with van der Waals surface area (Å²) in [5.41, 5.74) is 1.10. The van der Waals surface area contributed by atoms with Crippen molar-refractivity contribution < 1.29 is 19.4 Å². The Bertz CT molecular complexity index is 417. The van der Waals surface area contributed by atoms with E-state index in [1.54, 1.807) is 6.07 Å². The SMILES string of the molecule is O=C(O)c1cc(CCBr)c2c(c1)OCCO2. The van der Waals surface area contributed by atoms with Crippen molar-refractivity contribution in [3.63, 3.8) is 0 Å². The first-order valence-electron chi connectivity index (χ1n) is 4.94. The minimum Gasteiger partial charge on any atom is -0.486 e. The van der Waals surface area contributed by atoms with Gasteiger partial charge in [-0.05, 0) is 24.1 Å². The smallest absolute Gasteiger partial charge is 0.335 e. The van der Waals surface area contributed by atoms with E-state index in [9.17, 15) is 4.79 Å². The predicted molar refractivity (Wildman–Crippen MR) is 61.9 cm³/mol. The molecule has 0 atom stereocenters. The lowest BCUT2D eigenvalue weighted by molar-refractivity contribution is 0.0695. The molecule has 5 heteroatoms. The van der Waals surface area contributed by atoms with E-state index in [0.717, 1.165) is 10.9 Å². The molecule has 0 fully saturated rings. The first-order chi connectivity index (χ1) is 7.72. The number of benzene rings is 1. The van der Waals surface area contributed by atoms with Crippen LogP contribution in [0.25, 0.3) is 0 Å². The lowest BCUT2D eigenvalue weighted by atomic mass is 10.1. The Balaban J connectivity index is 2.47. The van der Waals surface area contributed by atoms with Crippen molar-refractivity contribution in [2.75, 3.05) is 18.5 Å². The standard InChI is InChI=1S/C11H11BrO4/c12-2-1-7-5-8(11(13)14)6-9-10(7)16-4-3-15-9/h5-6H,1-4H2,(H,13,14). The molecule has 1 heterocycles. The molecule has 0 unspecified atom stereocenters. The Hall–Kier alpha value is -1.23. The molecule has 1 aromatic rings. The highest BCUT2D eigenvalue weighted by molar-refractivity contribution is 9.09. The maximum Gasteiger partial charge on any atom is 0.335 e. The van der Waals surface area contributed by atoms with Gasteiger partial charge in [-0.2, -0.15) is 0 Å². The molecule has 0 aromatic heterocycles. The third-order valence-corrected chi connectivity index (χ3v) is 2.73. The second-order valence-electron chi connectivity index (χ2n) is 3.40. The van der Waals surface area contributed by atoms with Crippen LogP contribution in [-0.4, -0.2) is 29.6 Å². The van der Waals surface area contributed by atoms with Gasteiger partial charge in [0.2, 0.25) is 0 Å². The maximum atomic E-state index is 10.9. The number of ether oxygens (including phenoxy) is 2. The third kappa shape index (κ3) is 2.14. The largest absolute Gasteiger partial charge is 0.486 e. The van der Waals surface area contributed by atoms with Crippen molar-refractivity contribution in [2.24, 2.45) is 0 Å². The molecule has 0 saturated carbocycles. The number of hydrogen-bond donors (Lipinski definition) is 1. The summed E-state index contributed by atoms with van der Waals surface area (Å²) in [6.45, 7) is 0.971. The number of carboxylic acid groups (broad SMARTS) is 1. The number of aromatic carboxylic acids is 1. The summed E-state index contributed by atoms with van der Waals surface area (Å²) in [5, 5.41) is 9.73. The number of carboxylic acids is 1. The molecule has 2 rings (SSSR count). The van der Waals surface area contributed by atoms with E-state index >= 15 is 0 Å². The van der Waals surface area contributed by atoms with E-state index in [-0.39, 0.29) is 5.56 Å². The Morgan fingerprint density at radius 2 is 2.12 bits per heavy atom. The fourth-order valence-electron chi connectivity index (χ4n) is 1.64. The molecule has 0 saturated heterocycles. The lowest BCUT2D eigenvalue weighted by Gasteiger charge is -2.21. The highest BCUT2D eigenvalue weighted by Gasteiger charge is 2.19. The number of hydrogen-bond acceptors (Lipinski definition) is 3. The first-order valence-corrected chi connectivity index (χ1v) is 6.06. The van der Waals surface area contributed by atoms with E-state index < -0.39 is 5.97 Å². The second kappa shape index (κ2) is 4.74. The number of halogens is 1. The zero-order valence-corrected chi connectivity index (χ0v) is 10.1. The molecule has 1 N–H and O–H groups in total. The average molecular weight is 287 g/mol. The Morgan fingerprint density at radius 1 is 1.38 bits per heavy atom. The quantitative estimate of drug-likeness (QED) is 0.865. The molecule has 16 heavy (non-hydrogen) atoms. The van der Waals surface area contributed by atoms with Gasteiger partial charge in [0.1, 0.15) is 13.2 Å². The van der Waals surface area contributed by atoms with Crippen molar-refractivity contribution in [3.8, 4) is 11.5 Å². The van der Waals surface area contributed by atoms with Gasteiger partial charge in [0.15, 0.2) is 11.5 Å². The highest BCUT2D eigenvalue weighted by Crippen LogP contribution is 2.35. The summed E-state index contributed by atoms with van der Waals surface area (Å²) in [7, 11) is 0. The van der Waals surface area contributed by atoms with Crippen LogP contribution in [0, 0.1) is 0 Å². The summed E-state index contributed by atoms with van der Waals surface area (Å²) in [6, 6.07) is 3.14. The van der Waals surface area contributed by atoms with Gasteiger partial charge in [0, 0.05) is 5.33 Å². The van der Waals surface area contributed by atoms with Gasteiger partial charge >= 0.3 is 5.97 Å². The molecule has 0 bridgehead atoms. The first kappa shape index (κ1) is 11.3. The molecule has 1 aromatic carbocycles. The molecule has 0 aliphatic carbocycles. The fraction of sp³-hybridized carbons (Fsp3) is 0.364. The van der Waals surface area contributed by atoms with Gasteiger partial charge < -0.3 is 14.6 Å². The molecule has 0 radical (unpaired) electrons. The predicted octanol–water partition coefficient (Wildman–Crippen LogP) is 2.09. The van der Waals surface area contributed by atoms with Crippen LogP contribution < -0.4 is 9.47 Å². The summed E-state index contributed by atoms with van der Waals surface area (Å²) < 4.78 is 10.9. The minimum absolute atomic E-state index is 0.236. The summed E-state index contributed by atoms with van der Waals surface area (Å²) >= 11 is 3.33. The van der Waals surface area contributed by atoms with Gasteiger partial charge in [0.25, 0.3) is 0 Å². The molecule has 1 aliphatic rings. The van der Waals surface area contributed by atoms with Gasteiger partial charge in [-0.15, -0.1) is 0 Å². The van der Waals surface area contributed by atoms with Crippen LogP contribution in [0.1, 0.15) is 15.9 Å². The number of aryl methyl sites for hydroxylation is 1. The van der Waals surface area contributed by atoms with Crippen LogP contribution in [0.5, 0.6) is 11.5 Å². The van der Waals surface area contributed by atoms with Crippen molar-refractivity contribution in [1.82, 2.24) is 0 Å². The molecule has 1 aliphatic heterocycles. The maximum absolute atomic E-state index is 10.9. The van der Waals surface area contributed by atoms with Crippen LogP contribution in [0.15, 0.2) is 12.1 Å². The summed E-state index contributed by atoms with van der Waals surface area (Å²) in [5.74, 6) is 0.255. The van der Waals surface area contributed by atoms with Crippen molar-refractivity contribution in [2.45, 2.75) is 6.42 Å². The third-order valence-electron chi connectivity index (χ3n) is 2.33. The zero-order chi connectivity index (χ0) is 11.5. The van der Waals surface area contributed by atoms with E-state index in [1.165, 1.54) is 6.07 Å². The Labute approximate surface area is 101 Å². The van der Waals surface area contributed by atoms with Gasteiger partial charge in [-0.3, -0.25) is 0 Å². The summed E-state index contributed by atoms with van der Waals surface area (Å²) in [4.78, 5) is 10.9. The Kier molecular flexibility index (Phi) is 3.33. The van der Waals surface area contributed by atoms with Crippen LogP contribution in [-0.2, 0) is 6.42 Å². The topological polar surface area (TPSA) is 55.8 Å². The molecule has 4 nitrogen and oxygen atoms in total. The second-order valence-corrected chi connectivity index (χ2v) is 4.20. The van der Waals surface area contributed by atoms with Crippen LogP contribution in [0.3, 0.4) is 0 Å².